The summed E-state index contributed by atoms with van der Waals surface area (Å²) >= 11 is 0. The summed E-state index contributed by atoms with van der Waals surface area (Å²) in [7, 11) is -6.70. The van der Waals surface area contributed by atoms with Crippen LogP contribution in [0.2, 0.25) is 6.04 Å². The van der Waals surface area contributed by atoms with Crippen LogP contribution in [0.25, 0.3) is 0 Å². The monoisotopic (exact) mass is 408 g/mol. The molecule has 0 bridgehead atoms. The standard InChI is InChI=1S/C16H32N2O6SSi/c1-4-22-26(23-5-2,24-6-3)15-9-11-18-13-12-17(16-18)10-7-8-14-25(19,20)21/h12-13,16H,4-11,14-15H2,1-3H3. The molecule has 0 saturated heterocycles. The second kappa shape index (κ2) is 11.8. The maximum atomic E-state index is 10.6. The van der Waals surface area contributed by atoms with Crippen LogP contribution in [-0.2, 0) is 36.5 Å². The molecular formula is C16H32N2O6SSi. The Hall–Kier alpha value is -0.783. The van der Waals surface area contributed by atoms with Gasteiger partial charge in [-0.05, 0) is 40.0 Å². The Kier molecular flexibility index (Phi) is 10.6. The summed E-state index contributed by atoms with van der Waals surface area (Å²) in [5, 5.41) is 0. The molecule has 0 N–H and O–H groups in total. The molecule has 0 aliphatic heterocycles. The molecule has 0 aliphatic rings. The molecule has 26 heavy (non-hydrogen) atoms. The summed E-state index contributed by atoms with van der Waals surface area (Å²) < 4.78 is 53.4. The molecule has 0 unspecified atom stereocenters. The van der Waals surface area contributed by atoms with Crippen LogP contribution in [0.5, 0.6) is 0 Å². The van der Waals surface area contributed by atoms with E-state index in [-0.39, 0.29) is 5.75 Å². The van der Waals surface area contributed by atoms with Crippen molar-refractivity contribution < 1.29 is 30.8 Å². The Bertz CT molecular complexity index is 591. The molecule has 8 nitrogen and oxygen atoms in total. The molecule has 152 valence electrons. The first-order valence-corrected chi connectivity index (χ1v) is 12.7. The van der Waals surface area contributed by atoms with Gasteiger partial charge in [-0.25, -0.2) is 17.6 Å². The van der Waals surface area contributed by atoms with Crippen molar-refractivity contribution in [1.82, 2.24) is 4.57 Å². The Labute approximate surface area is 158 Å². The van der Waals surface area contributed by atoms with Crippen molar-refractivity contribution in [2.75, 3.05) is 25.6 Å². The minimum atomic E-state index is -4.11. The molecule has 1 aromatic heterocycles. The summed E-state index contributed by atoms with van der Waals surface area (Å²) in [5.74, 6) is -0.298. The largest absolute Gasteiger partial charge is 0.748 e. The minimum Gasteiger partial charge on any atom is -0.748 e. The Morgan fingerprint density at radius 3 is 2.19 bits per heavy atom. The van der Waals surface area contributed by atoms with Gasteiger partial charge in [0.2, 0.25) is 6.33 Å². The van der Waals surface area contributed by atoms with Crippen LogP contribution in [0.3, 0.4) is 0 Å². The molecule has 0 aromatic carbocycles. The summed E-state index contributed by atoms with van der Waals surface area (Å²) in [6, 6.07) is 0.766. The number of aromatic nitrogens is 2. The van der Waals surface area contributed by atoms with Gasteiger partial charge in [-0.15, -0.1) is 0 Å². The lowest BCUT2D eigenvalue weighted by molar-refractivity contribution is -0.696. The Balaban J connectivity index is 2.43. The first-order chi connectivity index (χ1) is 12.3. The van der Waals surface area contributed by atoms with E-state index in [0.29, 0.717) is 39.2 Å². The first kappa shape index (κ1) is 23.3. The van der Waals surface area contributed by atoms with Crippen molar-refractivity contribution in [3.63, 3.8) is 0 Å². The highest BCUT2D eigenvalue weighted by atomic mass is 32.2. The Morgan fingerprint density at radius 2 is 1.65 bits per heavy atom. The van der Waals surface area contributed by atoms with E-state index >= 15 is 0 Å². The fourth-order valence-corrected chi connectivity index (χ4v) is 5.91. The summed E-state index contributed by atoms with van der Waals surface area (Å²) in [4.78, 5) is 0. The highest BCUT2D eigenvalue weighted by Gasteiger charge is 2.39. The van der Waals surface area contributed by atoms with E-state index in [1.165, 1.54) is 0 Å². The predicted molar refractivity (Wildman–Crippen MR) is 98.5 cm³/mol. The fraction of sp³-hybridized carbons (Fsp3) is 0.812. The van der Waals surface area contributed by atoms with Gasteiger partial charge in [0, 0.05) is 31.6 Å². The lowest BCUT2D eigenvalue weighted by Crippen LogP contribution is -2.46. The van der Waals surface area contributed by atoms with Gasteiger partial charge in [-0.2, -0.15) is 0 Å². The molecule has 0 radical (unpaired) electrons. The third kappa shape index (κ3) is 9.24. The summed E-state index contributed by atoms with van der Waals surface area (Å²) in [6.45, 7) is 9.10. The second-order valence-electron chi connectivity index (χ2n) is 5.94. The zero-order valence-corrected chi connectivity index (χ0v) is 17.9. The van der Waals surface area contributed by atoms with E-state index in [4.69, 9.17) is 13.3 Å². The minimum absolute atomic E-state index is 0.298. The van der Waals surface area contributed by atoms with E-state index in [0.717, 1.165) is 19.0 Å². The third-order valence-corrected chi connectivity index (χ3v) is 7.74. The van der Waals surface area contributed by atoms with E-state index in [9.17, 15) is 13.0 Å². The van der Waals surface area contributed by atoms with Gasteiger partial charge in [0.1, 0.15) is 12.4 Å². The zero-order chi connectivity index (χ0) is 19.5. The van der Waals surface area contributed by atoms with Crippen LogP contribution in [0.15, 0.2) is 18.7 Å². The molecule has 1 rings (SSSR count). The topological polar surface area (TPSA) is 93.7 Å². The zero-order valence-electron chi connectivity index (χ0n) is 16.1. The number of imidazole rings is 1. The molecule has 0 amide bonds. The van der Waals surface area contributed by atoms with Gasteiger partial charge in [0.25, 0.3) is 0 Å². The van der Waals surface area contributed by atoms with Gasteiger partial charge in [0.15, 0.2) is 0 Å². The van der Waals surface area contributed by atoms with E-state index in [2.05, 4.69) is 4.57 Å². The van der Waals surface area contributed by atoms with Crippen molar-refractivity contribution in [3.05, 3.63) is 18.7 Å². The van der Waals surface area contributed by atoms with E-state index in [1.807, 2.05) is 44.1 Å². The van der Waals surface area contributed by atoms with Gasteiger partial charge < -0.3 is 17.8 Å². The smallest absolute Gasteiger partial charge is 0.501 e. The molecule has 0 aliphatic carbocycles. The molecule has 0 fully saturated rings. The maximum absolute atomic E-state index is 10.6. The highest BCUT2D eigenvalue weighted by molar-refractivity contribution is 7.85. The van der Waals surface area contributed by atoms with Crippen molar-refractivity contribution in [3.8, 4) is 0 Å². The van der Waals surface area contributed by atoms with Gasteiger partial charge >= 0.3 is 8.80 Å². The van der Waals surface area contributed by atoms with Gasteiger partial charge in [-0.3, -0.25) is 0 Å². The van der Waals surface area contributed by atoms with Crippen LogP contribution in [0.4, 0.5) is 0 Å². The molecular weight excluding hydrogens is 376 g/mol. The number of hydrogen-bond acceptors (Lipinski definition) is 6. The lowest BCUT2D eigenvalue weighted by Gasteiger charge is -2.28. The molecule has 1 heterocycles. The Morgan fingerprint density at radius 1 is 1.04 bits per heavy atom. The van der Waals surface area contributed by atoms with Crippen LogP contribution in [0.1, 0.15) is 40.0 Å². The van der Waals surface area contributed by atoms with Gasteiger partial charge in [-0.1, -0.05) is 0 Å². The molecule has 0 spiro atoms. The number of aryl methyl sites for hydroxylation is 2. The molecule has 0 atom stereocenters. The molecule has 1 aromatic rings. The molecule has 10 heteroatoms. The second-order valence-corrected chi connectivity index (χ2v) is 10.2. The maximum Gasteiger partial charge on any atom is 0.501 e. The van der Waals surface area contributed by atoms with E-state index in [1.54, 1.807) is 0 Å². The normalized spacial score (nSPS) is 12.6. The third-order valence-electron chi connectivity index (χ3n) is 3.80. The average Bonchev–Trinajstić information content (AvgIpc) is 2.99. The number of unbranched alkanes of at least 4 members (excludes halogenated alkanes) is 1. The summed E-state index contributed by atoms with van der Waals surface area (Å²) in [6.07, 6.45) is 7.84. The van der Waals surface area contributed by atoms with Crippen LogP contribution in [-0.4, -0.2) is 51.9 Å². The number of rotatable bonds is 15. The molecule has 0 saturated carbocycles. The fourth-order valence-electron chi connectivity index (χ4n) is 2.76. The van der Waals surface area contributed by atoms with Crippen molar-refractivity contribution in [1.29, 1.82) is 0 Å². The van der Waals surface area contributed by atoms with Crippen LogP contribution < -0.4 is 4.57 Å². The van der Waals surface area contributed by atoms with Crippen molar-refractivity contribution >= 4 is 18.9 Å². The lowest BCUT2D eigenvalue weighted by atomic mass is 10.3. The van der Waals surface area contributed by atoms with E-state index < -0.39 is 18.9 Å². The van der Waals surface area contributed by atoms with Gasteiger partial charge in [0.05, 0.1) is 23.2 Å². The first-order valence-electron chi connectivity index (χ1n) is 9.24. The number of hydrogen-bond donors (Lipinski definition) is 0. The van der Waals surface area contributed by atoms with Crippen LogP contribution >= 0.6 is 0 Å². The summed E-state index contributed by atoms with van der Waals surface area (Å²) in [5.41, 5.74) is 0. The van der Waals surface area contributed by atoms with Crippen molar-refractivity contribution in [2.24, 2.45) is 0 Å². The quantitative estimate of drug-likeness (QED) is 0.189. The average molecular weight is 409 g/mol. The predicted octanol–water partition coefficient (Wildman–Crippen LogP) is 1.54. The van der Waals surface area contributed by atoms with Crippen molar-refractivity contribution in [2.45, 2.75) is 59.2 Å². The number of nitrogens with zero attached hydrogens (tertiary/aromatic N) is 2. The SMILES string of the molecule is CCO[Si](CCC[n+]1ccn(CCCCS(=O)(=O)[O-])c1)(OCC)OCC. The highest BCUT2D eigenvalue weighted by Crippen LogP contribution is 2.18. The van der Waals surface area contributed by atoms with Crippen LogP contribution in [0, 0.1) is 0 Å².